The molecule has 1 aromatic heterocycles. The Kier molecular flexibility index (Phi) is 3.19. The number of anilines is 1. The molecular formula is C14H14N2O. The number of pyridine rings is 1. The molecule has 1 amide bonds. The number of nitrogens with zero attached hydrogens (tertiary/aromatic N) is 1. The van der Waals surface area contributed by atoms with Crippen LogP contribution in [0.25, 0.3) is 11.3 Å². The molecule has 0 aliphatic heterocycles. The monoisotopic (exact) mass is 226 g/mol. The Balaban J connectivity index is 2.26. The van der Waals surface area contributed by atoms with Crippen molar-refractivity contribution in [2.24, 2.45) is 0 Å². The molecule has 0 unspecified atom stereocenters. The Morgan fingerprint density at radius 2 is 2.06 bits per heavy atom. The van der Waals surface area contributed by atoms with Crippen LogP contribution in [0, 0.1) is 6.92 Å². The molecule has 0 saturated carbocycles. The lowest BCUT2D eigenvalue weighted by molar-refractivity contribution is -0.114. The SMILES string of the molecule is CC(=O)Nc1ccc(-c2cccc(C)c2)nc1. The molecule has 1 aromatic carbocycles. The van der Waals surface area contributed by atoms with Gasteiger partial charge in [0.25, 0.3) is 0 Å². The number of benzene rings is 1. The zero-order chi connectivity index (χ0) is 12.3. The van der Waals surface area contributed by atoms with Crippen molar-refractivity contribution >= 4 is 11.6 Å². The maximum Gasteiger partial charge on any atom is 0.221 e. The van der Waals surface area contributed by atoms with Gasteiger partial charge in [0.1, 0.15) is 0 Å². The number of nitrogens with one attached hydrogen (secondary N) is 1. The summed E-state index contributed by atoms with van der Waals surface area (Å²) >= 11 is 0. The summed E-state index contributed by atoms with van der Waals surface area (Å²) in [7, 11) is 0. The molecule has 0 aliphatic rings. The van der Waals surface area contributed by atoms with Gasteiger partial charge in [0.15, 0.2) is 0 Å². The van der Waals surface area contributed by atoms with Crippen LogP contribution >= 0.6 is 0 Å². The van der Waals surface area contributed by atoms with Crippen LogP contribution in [0.4, 0.5) is 5.69 Å². The summed E-state index contributed by atoms with van der Waals surface area (Å²) in [5, 5.41) is 2.69. The quantitative estimate of drug-likeness (QED) is 0.855. The standard InChI is InChI=1S/C14H14N2O/c1-10-4-3-5-12(8-10)14-7-6-13(9-15-14)16-11(2)17/h3-9H,1-2H3,(H,16,17). The maximum atomic E-state index is 10.9. The van der Waals surface area contributed by atoms with Crippen molar-refractivity contribution in [3.05, 3.63) is 48.2 Å². The molecule has 0 saturated heterocycles. The van der Waals surface area contributed by atoms with E-state index in [1.165, 1.54) is 12.5 Å². The first-order valence-electron chi connectivity index (χ1n) is 5.46. The number of carbonyl (C=O) groups excluding carboxylic acids is 1. The van der Waals surface area contributed by atoms with Crippen LogP contribution in [0.15, 0.2) is 42.6 Å². The largest absolute Gasteiger partial charge is 0.325 e. The van der Waals surface area contributed by atoms with Crippen molar-refractivity contribution in [2.75, 3.05) is 5.32 Å². The number of carbonyl (C=O) groups is 1. The molecule has 0 bridgehead atoms. The minimum absolute atomic E-state index is 0.0879. The van der Waals surface area contributed by atoms with Crippen molar-refractivity contribution in [1.82, 2.24) is 4.98 Å². The van der Waals surface area contributed by atoms with Crippen LogP contribution in [-0.4, -0.2) is 10.9 Å². The molecule has 0 atom stereocenters. The Hall–Kier alpha value is -2.16. The van der Waals surface area contributed by atoms with E-state index in [0.717, 1.165) is 11.3 Å². The second-order valence-electron chi connectivity index (χ2n) is 3.98. The van der Waals surface area contributed by atoms with E-state index in [1.807, 2.05) is 24.3 Å². The predicted octanol–water partition coefficient (Wildman–Crippen LogP) is 3.02. The van der Waals surface area contributed by atoms with Gasteiger partial charge in [-0.1, -0.05) is 23.8 Å². The van der Waals surface area contributed by atoms with Crippen LogP contribution in [0.1, 0.15) is 12.5 Å². The maximum absolute atomic E-state index is 10.9. The molecule has 2 rings (SSSR count). The van der Waals surface area contributed by atoms with E-state index in [1.54, 1.807) is 6.20 Å². The summed E-state index contributed by atoms with van der Waals surface area (Å²) in [4.78, 5) is 15.2. The van der Waals surface area contributed by atoms with Crippen LogP contribution in [0.5, 0.6) is 0 Å². The van der Waals surface area contributed by atoms with E-state index in [4.69, 9.17) is 0 Å². The van der Waals surface area contributed by atoms with E-state index in [-0.39, 0.29) is 5.91 Å². The highest BCUT2D eigenvalue weighted by Gasteiger charge is 2.00. The Morgan fingerprint density at radius 1 is 1.24 bits per heavy atom. The molecule has 17 heavy (non-hydrogen) atoms. The molecule has 0 fully saturated rings. The van der Waals surface area contributed by atoms with Gasteiger partial charge in [0.05, 0.1) is 17.6 Å². The molecular weight excluding hydrogens is 212 g/mol. The van der Waals surface area contributed by atoms with E-state index in [9.17, 15) is 4.79 Å². The lowest BCUT2D eigenvalue weighted by Crippen LogP contribution is -2.05. The molecule has 2 aromatic rings. The Bertz CT molecular complexity index is 532. The summed E-state index contributed by atoms with van der Waals surface area (Å²) < 4.78 is 0. The van der Waals surface area contributed by atoms with E-state index >= 15 is 0 Å². The van der Waals surface area contributed by atoms with Crippen LogP contribution in [0.3, 0.4) is 0 Å². The third-order valence-corrected chi connectivity index (χ3v) is 2.40. The minimum Gasteiger partial charge on any atom is -0.325 e. The summed E-state index contributed by atoms with van der Waals surface area (Å²) in [5.41, 5.74) is 3.91. The van der Waals surface area contributed by atoms with Crippen molar-refractivity contribution in [2.45, 2.75) is 13.8 Å². The predicted molar refractivity (Wildman–Crippen MR) is 68.7 cm³/mol. The van der Waals surface area contributed by atoms with Crippen LogP contribution in [-0.2, 0) is 4.79 Å². The molecule has 0 radical (unpaired) electrons. The molecule has 3 heteroatoms. The highest BCUT2D eigenvalue weighted by Crippen LogP contribution is 2.19. The third kappa shape index (κ3) is 2.91. The molecule has 0 aliphatic carbocycles. The first kappa shape index (κ1) is 11.3. The van der Waals surface area contributed by atoms with E-state index in [2.05, 4.69) is 29.4 Å². The number of hydrogen-bond donors (Lipinski definition) is 1. The normalized spacial score (nSPS) is 10.0. The second-order valence-corrected chi connectivity index (χ2v) is 3.98. The Morgan fingerprint density at radius 3 is 2.65 bits per heavy atom. The van der Waals surface area contributed by atoms with Gasteiger partial charge in [0.2, 0.25) is 5.91 Å². The summed E-state index contributed by atoms with van der Waals surface area (Å²) in [6.07, 6.45) is 1.67. The van der Waals surface area contributed by atoms with Gasteiger partial charge in [-0.05, 0) is 25.1 Å². The van der Waals surface area contributed by atoms with Gasteiger partial charge >= 0.3 is 0 Å². The average Bonchev–Trinajstić information content (AvgIpc) is 2.29. The number of aromatic nitrogens is 1. The molecule has 1 N–H and O–H groups in total. The topological polar surface area (TPSA) is 42.0 Å². The fourth-order valence-electron chi connectivity index (χ4n) is 1.65. The highest BCUT2D eigenvalue weighted by atomic mass is 16.1. The molecule has 3 nitrogen and oxygen atoms in total. The molecule has 86 valence electrons. The minimum atomic E-state index is -0.0879. The Labute approximate surface area is 101 Å². The van der Waals surface area contributed by atoms with Crippen molar-refractivity contribution in [3.8, 4) is 11.3 Å². The lowest BCUT2D eigenvalue weighted by atomic mass is 10.1. The first-order chi connectivity index (χ1) is 8.15. The van der Waals surface area contributed by atoms with E-state index < -0.39 is 0 Å². The van der Waals surface area contributed by atoms with Crippen molar-refractivity contribution < 1.29 is 4.79 Å². The smallest absolute Gasteiger partial charge is 0.221 e. The summed E-state index contributed by atoms with van der Waals surface area (Å²) in [6.45, 7) is 3.53. The van der Waals surface area contributed by atoms with Crippen molar-refractivity contribution in [3.63, 3.8) is 0 Å². The molecule has 0 spiro atoms. The summed E-state index contributed by atoms with van der Waals surface area (Å²) in [5.74, 6) is -0.0879. The van der Waals surface area contributed by atoms with Gasteiger partial charge < -0.3 is 5.32 Å². The number of amides is 1. The fourth-order valence-corrected chi connectivity index (χ4v) is 1.65. The van der Waals surface area contributed by atoms with Gasteiger partial charge in [-0.15, -0.1) is 0 Å². The molecule has 1 heterocycles. The zero-order valence-electron chi connectivity index (χ0n) is 9.90. The first-order valence-corrected chi connectivity index (χ1v) is 5.46. The van der Waals surface area contributed by atoms with Crippen LogP contribution in [0.2, 0.25) is 0 Å². The average molecular weight is 226 g/mol. The zero-order valence-corrected chi connectivity index (χ0v) is 9.90. The van der Waals surface area contributed by atoms with Gasteiger partial charge in [0, 0.05) is 12.5 Å². The lowest BCUT2D eigenvalue weighted by Gasteiger charge is -2.04. The van der Waals surface area contributed by atoms with Gasteiger partial charge in [-0.2, -0.15) is 0 Å². The summed E-state index contributed by atoms with van der Waals surface area (Å²) in [6, 6.07) is 11.9. The fraction of sp³-hybridized carbons (Fsp3) is 0.143. The van der Waals surface area contributed by atoms with E-state index in [0.29, 0.717) is 5.69 Å². The number of rotatable bonds is 2. The number of hydrogen-bond acceptors (Lipinski definition) is 2. The number of aryl methyl sites for hydroxylation is 1. The van der Waals surface area contributed by atoms with Crippen molar-refractivity contribution in [1.29, 1.82) is 0 Å². The van der Waals surface area contributed by atoms with Gasteiger partial charge in [-0.3, -0.25) is 9.78 Å². The second kappa shape index (κ2) is 4.78. The van der Waals surface area contributed by atoms with Crippen LogP contribution < -0.4 is 5.32 Å². The third-order valence-electron chi connectivity index (χ3n) is 2.40. The van der Waals surface area contributed by atoms with Gasteiger partial charge in [-0.25, -0.2) is 0 Å². The highest BCUT2D eigenvalue weighted by molar-refractivity contribution is 5.88.